The molecule has 1 N–H and O–H groups in total. The molecule has 2 aromatic rings. The smallest absolute Gasteiger partial charge is 0.246 e. The standard InChI is InChI=1S/C21H26N4O5/c1-14-23-19(30-24-14)13-22-21(27)16-8-10-25(11-9-16)20(26)7-5-15-4-6-17(28-2)18(12-15)29-3/h4-7,12,16H,8-11,13H2,1-3H3,(H,22,27)/b7-5+. The van der Waals surface area contributed by atoms with E-state index in [9.17, 15) is 9.59 Å². The number of carbonyl (C=O) groups is 2. The zero-order chi connectivity index (χ0) is 21.5. The van der Waals surface area contributed by atoms with Crippen LogP contribution in [0.1, 0.15) is 30.1 Å². The highest BCUT2D eigenvalue weighted by molar-refractivity contribution is 5.92. The second kappa shape index (κ2) is 9.91. The average molecular weight is 414 g/mol. The lowest BCUT2D eigenvalue weighted by Gasteiger charge is -2.30. The molecule has 0 radical (unpaired) electrons. The Balaban J connectivity index is 1.47. The first kappa shape index (κ1) is 21.4. The van der Waals surface area contributed by atoms with Crippen LogP contribution in [0.3, 0.4) is 0 Å². The maximum absolute atomic E-state index is 12.5. The highest BCUT2D eigenvalue weighted by atomic mass is 16.5. The number of amides is 2. The van der Waals surface area contributed by atoms with Crippen LogP contribution in [0.2, 0.25) is 0 Å². The number of piperidine rings is 1. The van der Waals surface area contributed by atoms with Gasteiger partial charge < -0.3 is 24.2 Å². The summed E-state index contributed by atoms with van der Waals surface area (Å²) in [5.41, 5.74) is 0.839. The Morgan fingerprint density at radius 3 is 2.60 bits per heavy atom. The number of ether oxygens (including phenoxy) is 2. The molecule has 3 rings (SSSR count). The first-order chi connectivity index (χ1) is 14.5. The third kappa shape index (κ3) is 5.37. The fraction of sp³-hybridized carbons (Fsp3) is 0.429. The molecule has 0 unspecified atom stereocenters. The Morgan fingerprint density at radius 1 is 1.23 bits per heavy atom. The van der Waals surface area contributed by atoms with E-state index in [1.54, 1.807) is 44.3 Å². The van der Waals surface area contributed by atoms with Crippen LogP contribution in [0.5, 0.6) is 11.5 Å². The molecule has 1 aliphatic heterocycles. The number of methoxy groups -OCH3 is 2. The maximum atomic E-state index is 12.5. The van der Waals surface area contributed by atoms with Gasteiger partial charge in [0.15, 0.2) is 17.3 Å². The van der Waals surface area contributed by atoms with Gasteiger partial charge in [0.2, 0.25) is 17.7 Å². The summed E-state index contributed by atoms with van der Waals surface area (Å²) in [4.78, 5) is 30.6. The van der Waals surface area contributed by atoms with Crippen LogP contribution in [0.25, 0.3) is 6.08 Å². The molecule has 1 saturated heterocycles. The molecule has 1 fully saturated rings. The first-order valence-corrected chi connectivity index (χ1v) is 9.76. The zero-order valence-corrected chi connectivity index (χ0v) is 17.4. The van der Waals surface area contributed by atoms with Crippen molar-refractivity contribution in [2.45, 2.75) is 26.3 Å². The van der Waals surface area contributed by atoms with Crippen LogP contribution in [-0.2, 0) is 16.1 Å². The Morgan fingerprint density at radius 2 is 1.97 bits per heavy atom. The fourth-order valence-electron chi connectivity index (χ4n) is 3.31. The number of nitrogens with one attached hydrogen (secondary N) is 1. The molecule has 1 aliphatic rings. The molecule has 1 aromatic carbocycles. The number of likely N-dealkylation sites (tertiary alicyclic amines) is 1. The summed E-state index contributed by atoms with van der Waals surface area (Å²) in [6.45, 7) is 3.01. The summed E-state index contributed by atoms with van der Waals surface area (Å²) in [5, 5.41) is 6.51. The van der Waals surface area contributed by atoms with Gasteiger partial charge >= 0.3 is 0 Å². The molecular formula is C21H26N4O5. The van der Waals surface area contributed by atoms with E-state index < -0.39 is 0 Å². The van der Waals surface area contributed by atoms with Crippen LogP contribution in [0, 0.1) is 12.8 Å². The van der Waals surface area contributed by atoms with Gasteiger partial charge in [-0.2, -0.15) is 4.98 Å². The molecule has 30 heavy (non-hydrogen) atoms. The monoisotopic (exact) mass is 414 g/mol. The highest BCUT2D eigenvalue weighted by Crippen LogP contribution is 2.28. The van der Waals surface area contributed by atoms with E-state index in [0.29, 0.717) is 49.1 Å². The number of hydrogen-bond acceptors (Lipinski definition) is 7. The Kier molecular flexibility index (Phi) is 7.05. The maximum Gasteiger partial charge on any atom is 0.246 e. The zero-order valence-electron chi connectivity index (χ0n) is 17.4. The number of nitrogens with zero attached hydrogens (tertiary/aromatic N) is 3. The number of aryl methyl sites for hydroxylation is 1. The van der Waals surface area contributed by atoms with Gasteiger partial charge in [-0.3, -0.25) is 9.59 Å². The predicted molar refractivity (Wildman–Crippen MR) is 109 cm³/mol. The normalized spacial score (nSPS) is 14.7. The van der Waals surface area contributed by atoms with Crippen LogP contribution < -0.4 is 14.8 Å². The Hall–Kier alpha value is -3.36. The molecule has 2 heterocycles. The number of aromatic nitrogens is 2. The Bertz CT molecular complexity index is 916. The molecular weight excluding hydrogens is 388 g/mol. The van der Waals surface area contributed by atoms with Crippen molar-refractivity contribution in [3.05, 3.63) is 41.6 Å². The van der Waals surface area contributed by atoms with Gasteiger partial charge in [0.25, 0.3) is 0 Å². The minimum absolute atomic E-state index is 0.0566. The third-order valence-electron chi connectivity index (χ3n) is 4.99. The fourth-order valence-corrected chi connectivity index (χ4v) is 3.31. The topological polar surface area (TPSA) is 107 Å². The molecule has 0 atom stereocenters. The summed E-state index contributed by atoms with van der Waals surface area (Å²) < 4.78 is 15.5. The number of hydrogen-bond donors (Lipinski definition) is 1. The molecule has 0 aliphatic carbocycles. The van der Waals surface area contributed by atoms with Crippen molar-refractivity contribution in [1.29, 1.82) is 0 Å². The van der Waals surface area contributed by atoms with Gasteiger partial charge in [-0.05, 0) is 43.5 Å². The molecule has 0 spiro atoms. The number of benzene rings is 1. The van der Waals surface area contributed by atoms with Crippen LogP contribution in [0.15, 0.2) is 28.8 Å². The molecule has 9 nitrogen and oxygen atoms in total. The lowest BCUT2D eigenvalue weighted by molar-refractivity contribution is -0.132. The van der Waals surface area contributed by atoms with E-state index in [2.05, 4.69) is 15.5 Å². The lowest BCUT2D eigenvalue weighted by Crippen LogP contribution is -2.42. The molecule has 9 heteroatoms. The second-order valence-corrected chi connectivity index (χ2v) is 7.00. The predicted octanol–water partition coefficient (Wildman–Crippen LogP) is 1.96. The molecule has 0 saturated carbocycles. The summed E-state index contributed by atoms with van der Waals surface area (Å²) in [6, 6.07) is 5.46. The number of rotatable bonds is 7. The van der Waals surface area contributed by atoms with Crippen LogP contribution in [0.4, 0.5) is 0 Å². The van der Waals surface area contributed by atoms with Crippen molar-refractivity contribution in [3.8, 4) is 11.5 Å². The van der Waals surface area contributed by atoms with Gasteiger partial charge in [0, 0.05) is 25.1 Å². The SMILES string of the molecule is COc1ccc(/C=C/C(=O)N2CCC(C(=O)NCc3nc(C)no3)CC2)cc1OC. The van der Waals surface area contributed by atoms with Crippen LogP contribution in [-0.4, -0.2) is 54.2 Å². The van der Waals surface area contributed by atoms with Gasteiger partial charge in [-0.1, -0.05) is 11.2 Å². The summed E-state index contributed by atoms with van der Waals surface area (Å²) >= 11 is 0. The molecule has 1 aromatic heterocycles. The average Bonchev–Trinajstić information content (AvgIpc) is 3.20. The van der Waals surface area contributed by atoms with E-state index >= 15 is 0 Å². The largest absolute Gasteiger partial charge is 0.493 e. The lowest BCUT2D eigenvalue weighted by atomic mass is 9.96. The summed E-state index contributed by atoms with van der Waals surface area (Å²) in [5.74, 6) is 1.89. The van der Waals surface area contributed by atoms with Gasteiger partial charge in [-0.15, -0.1) is 0 Å². The summed E-state index contributed by atoms with van der Waals surface area (Å²) in [7, 11) is 3.15. The Labute approximate surface area is 175 Å². The van der Waals surface area contributed by atoms with E-state index in [1.165, 1.54) is 0 Å². The van der Waals surface area contributed by atoms with E-state index in [1.807, 2.05) is 12.1 Å². The van der Waals surface area contributed by atoms with Gasteiger partial charge in [0.05, 0.1) is 20.8 Å². The van der Waals surface area contributed by atoms with Crippen molar-refractivity contribution >= 4 is 17.9 Å². The minimum Gasteiger partial charge on any atom is -0.493 e. The molecule has 0 bridgehead atoms. The van der Waals surface area contributed by atoms with Crippen molar-refractivity contribution in [2.24, 2.45) is 5.92 Å². The van der Waals surface area contributed by atoms with Gasteiger partial charge in [-0.25, -0.2) is 0 Å². The molecule has 160 valence electrons. The van der Waals surface area contributed by atoms with Crippen molar-refractivity contribution in [1.82, 2.24) is 20.4 Å². The third-order valence-corrected chi connectivity index (χ3v) is 4.99. The first-order valence-electron chi connectivity index (χ1n) is 9.76. The van der Waals surface area contributed by atoms with E-state index in [4.69, 9.17) is 14.0 Å². The van der Waals surface area contributed by atoms with E-state index in [-0.39, 0.29) is 24.3 Å². The van der Waals surface area contributed by atoms with E-state index in [0.717, 1.165) is 5.56 Å². The minimum atomic E-state index is -0.132. The second-order valence-electron chi connectivity index (χ2n) is 7.00. The van der Waals surface area contributed by atoms with Gasteiger partial charge in [0.1, 0.15) is 0 Å². The van der Waals surface area contributed by atoms with Crippen molar-refractivity contribution < 1.29 is 23.6 Å². The van der Waals surface area contributed by atoms with Crippen LogP contribution >= 0.6 is 0 Å². The quantitative estimate of drug-likeness (QED) is 0.690. The number of carbonyl (C=O) groups excluding carboxylic acids is 2. The van der Waals surface area contributed by atoms with Crippen molar-refractivity contribution in [2.75, 3.05) is 27.3 Å². The summed E-state index contributed by atoms with van der Waals surface area (Å²) in [6.07, 6.45) is 4.52. The molecule has 2 amide bonds. The van der Waals surface area contributed by atoms with Crippen molar-refractivity contribution in [3.63, 3.8) is 0 Å². The highest BCUT2D eigenvalue weighted by Gasteiger charge is 2.26.